The van der Waals surface area contributed by atoms with Gasteiger partial charge in [0.25, 0.3) is 0 Å². The molecule has 0 aliphatic heterocycles. The minimum Gasteiger partial charge on any atom is -0.491 e. The molecule has 0 aliphatic rings. The van der Waals surface area contributed by atoms with E-state index in [1.165, 1.54) is 0 Å². The van der Waals surface area contributed by atoms with Crippen molar-refractivity contribution in [3.8, 4) is 17.2 Å². The molecule has 0 spiro atoms. The van der Waals surface area contributed by atoms with E-state index in [0.717, 1.165) is 10.0 Å². The van der Waals surface area contributed by atoms with Crippen molar-refractivity contribution in [2.24, 2.45) is 0 Å². The van der Waals surface area contributed by atoms with E-state index in [1.807, 2.05) is 55.6 Å². The second kappa shape index (κ2) is 8.47. The first-order chi connectivity index (χ1) is 12.1. The molecule has 3 aromatic rings. The SMILES string of the molecule is CN(CCOc1ccccc1Cl)Cc1nnc(-c2ccc(Br)cc2)o1. The highest BCUT2D eigenvalue weighted by Crippen LogP contribution is 2.23. The standard InChI is InChI=1S/C18H17BrClN3O2/c1-23(10-11-24-16-5-3-2-4-15(16)20)12-17-21-22-18(25-17)13-6-8-14(19)9-7-13/h2-9H,10-12H2,1H3. The van der Waals surface area contributed by atoms with Crippen LogP contribution < -0.4 is 4.74 Å². The Morgan fingerprint density at radius 1 is 1.12 bits per heavy atom. The van der Waals surface area contributed by atoms with Crippen molar-refractivity contribution in [2.45, 2.75) is 6.54 Å². The molecule has 5 nitrogen and oxygen atoms in total. The molecule has 25 heavy (non-hydrogen) atoms. The molecular formula is C18H17BrClN3O2. The summed E-state index contributed by atoms with van der Waals surface area (Å²) in [4.78, 5) is 2.05. The second-order valence-electron chi connectivity index (χ2n) is 5.52. The maximum Gasteiger partial charge on any atom is 0.247 e. The fraction of sp³-hybridized carbons (Fsp3) is 0.222. The molecule has 3 rings (SSSR count). The molecular weight excluding hydrogens is 406 g/mol. The van der Waals surface area contributed by atoms with E-state index >= 15 is 0 Å². The Morgan fingerprint density at radius 2 is 1.88 bits per heavy atom. The molecule has 0 unspecified atom stereocenters. The molecule has 0 radical (unpaired) electrons. The average molecular weight is 423 g/mol. The Balaban J connectivity index is 1.50. The number of rotatable bonds is 7. The second-order valence-corrected chi connectivity index (χ2v) is 6.85. The zero-order valence-electron chi connectivity index (χ0n) is 13.7. The van der Waals surface area contributed by atoms with E-state index in [9.17, 15) is 0 Å². The molecule has 1 aromatic heterocycles. The van der Waals surface area contributed by atoms with Gasteiger partial charge in [-0.1, -0.05) is 39.7 Å². The first-order valence-corrected chi connectivity index (χ1v) is 8.93. The summed E-state index contributed by atoms with van der Waals surface area (Å²) < 4.78 is 12.4. The largest absolute Gasteiger partial charge is 0.491 e. The Labute approximate surface area is 159 Å². The number of hydrogen-bond donors (Lipinski definition) is 0. The van der Waals surface area contributed by atoms with Crippen molar-refractivity contribution in [3.05, 3.63) is 63.9 Å². The van der Waals surface area contributed by atoms with Crippen LogP contribution in [0.1, 0.15) is 5.89 Å². The number of benzene rings is 2. The fourth-order valence-corrected chi connectivity index (χ4v) is 2.66. The maximum atomic E-state index is 6.07. The molecule has 0 fully saturated rings. The van der Waals surface area contributed by atoms with E-state index in [-0.39, 0.29) is 0 Å². The summed E-state index contributed by atoms with van der Waals surface area (Å²) >= 11 is 9.47. The van der Waals surface area contributed by atoms with Gasteiger partial charge in [-0.3, -0.25) is 4.90 Å². The summed E-state index contributed by atoms with van der Waals surface area (Å²) in [5.74, 6) is 1.77. The summed E-state index contributed by atoms with van der Waals surface area (Å²) in [5.41, 5.74) is 0.895. The van der Waals surface area contributed by atoms with Crippen LogP contribution in [0, 0.1) is 0 Å². The van der Waals surface area contributed by atoms with Crippen molar-refractivity contribution in [1.82, 2.24) is 15.1 Å². The minimum absolute atomic E-state index is 0.517. The summed E-state index contributed by atoms with van der Waals surface area (Å²) in [5, 5.41) is 8.82. The lowest BCUT2D eigenvalue weighted by atomic mass is 10.2. The Morgan fingerprint density at radius 3 is 2.64 bits per heavy atom. The van der Waals surface area contributed by atoms with Gasteiger partial charge in [0.1, 0.15) is 12.4 Å². The van der Waals surface area contributed by atoms with Gasteiger partial charge in [0, 0.05) is 16.6 Å². The van der Waals surface area contributed by atoms with Crippen LogP contribution in [0.25, 0.3) is 11.5 Å². The topological polar surface area (TPSA) is 51.4 Å². The average Bonchev–Trinajstić information content (AvgIpc) is 3.05. The Bertz CT molecular complexity index is 823. The van der Waals surface area contributed by atoms with E-state index < -0.39 is 0 Å². The third kappa shape index (κ3) is 5.04. The van der Waals surface area contributed by atoms with Gasteiger partial charge in [0.15, 0.2) is 0 Å². The Hall–Kier alpha value is -1.89. The lowest BCUT2D eigenvalue weighted by molar-refractivity contribution is 0.220. The minimum atomic E-state index is 0.517. The molecule has 0 saturated heterocycles. The highest BCUT2D eigenvalue weighted by atomic mass is 79.9. The Kier molecular flexibility index (Phi) is 6.07. The van der Waals surface area contributed by atoms with Crippen LogP contribution in [0.2, 0.25) is 5.02 Å². The molecule has 0 saturated carbocycles. The molecule has 0 bridgehead atoms. The molecule has 2 aromatic carbocycles. The number of ether oxygens (including phenoxy) is 1. The van der Waals surface area contributed by atoms with Gasteiger partial charge < -0.3 is 9.15 Å². The summed E-state index contributed by atoms with van der Waals surface area (Å²) in [6.07, 6.45) is 0. The van der Waals surface area contributed by atoms with Crippen LogP contribution in [-0.4, -0.2) is 35.3 Å². The van der Waals surface area contributed by atoms with Crippen LogP contribution in [0.5, 0.6) is 5.75 Å². The lowest BCUT2D eigenvalue weighted by Gasteiger charge is -2.15. The zero-order chi connectivity index (χ0) is 17.6. The van der Waals surface area contributed by atoms with Gasteiger partial charge in [0.2, 0.25) is 11.8 Å². The smallest absolute Gasteiger partial charge is 0.247 e. The van der Waals surface area contributed by atoms with E-state index in [2.05, 4.69) is 31.0 Å². The highest BCUT2D eigenvalue weighted by molar-refractivity contribution is 9.10. The van der Waals surface area contributed by atoms with Crippen molar-refractivity contribution >= 4 is 27.5 Å². The van der Waals surface area contributed by atoms with Gasteiger partial charge in [-0.25, -0.2) is 0 Å². The summed E-state index contributed by atoms with van der Waals surface area (Å²) in [6, 6.07) is 15.2. The van der Waals surface area contributed by atoms with Crippen LogP contribution in [0.4, 0.5) is 0 Å². The summed E-state index contributed by atoms with van der Waals surface area (Å²) in [7, 11) is 1.97. The van der Waals surface area contributed by atoms with Gasteiger partial charge in [-0.05, 0) is 43.4 Å². The third-order valence-corrected chi connectivity index (χ3v) is 4.37. The van der Waals surface area contributed by atoms with E-state index in [1.54, 1.807) is 0 Å². The summed E-state index contributed by atoms with van der Waals surface area (Å²) in [6.45, 7) is 1.78. The van der Waals surface area contributed by atoms with Crippen LogP contribution in [0.3, 0.4) is 0 Å². The lowest BCUT2D eigenvalue weighted by Crippen LogP contribution is -2.24. The molecule has 0 N–H and O–H groups in total. The third-order valence-electron chi connectivity index (χ3n) is 3.53. The molecule has 0 amide bonds. The first kappa shape index (κ1) is 17.9. The first-order valence-electron chi connectivity index (χ1n) is 7.76. The van der Waals surface area contributed by atoms with Crippen LogP contribution in [0.15, 0.2) is 57.4 Å². The predicted octanol–water partition coefficient (Wildman–Crippen LogP) is 4.66. The molecule has 130 valence electrons. The van der Waals surface area contributed by atoms with E-state index in [4.69, 9.17) is 20.8 Å². The van der Waals surface area contributed by atoms with Gasteiger partial charge in [-0.2, -0.15) is 0 Å². The maximum absolute atomic E-state index is 6.07. The van der Waals surface area contributed by atoms with Crippen molar-refractivity contribution in [3.63, 3.8) is 0 Å². The van der Waals surface area contributed by atoms with Gasteiger partial charge >= 0.3 is 0 Å². The van der Waals surface area contributed by atoms with Gasteiger partial charge in [0.05, 0.1) is 11.6 Å². The van der Waals surface area contributed by atoms with Crippen molar-refractivity contribution in [2.75, 3.05) is 20.2 Å². The predicted molar refractivity (Wildman–Crippen MR) is 101 cm³/mol. The number of likely N-dealkylation sites (N-methyl/N-ethyl adjacent to an activating group) is 1. The molecule has 7 heteroatoms. The quantitative estimate of drug-likeness (QED) is 0.554. The monoisotopic (exact) mass is 421 g/mol. The molecule has 0 atom stereocenters. The number of halogens is 2. The zero-order valence-corrected chi connectivity index (χ0v) is 16.0. The number of aromatic nitrogens is 2. The number of nitrogens with zero attached hydrogens (tertiary/aromatic N) is 3. The highest BCUT2D eigenvalue weighted by Gasteiger charge is 2.11. The fourth-order valence-electron chi connectivity index (χ4n) is 2.21. The van der Waals surface area contributed by atoms with E-state index in [0.29, 0.717) is 42.2 Å². The number of para-hydroxylation sites is 1. The normalized spacial score (nSPS) is 11.0. The van der Waals surface area contributed by atoms with Gasteiger partial charge in [-0.15, -0.1) is 10.2 Å². The van der Waals surface area contributed by atoms with Crippen LogP contribution >= 0.6 is 27.5 Å². The molecule has 1 heterocycles. The van der Waals surface area contributed by atoms with Crippen LogP contribution in [-0.2, 0) is 6.54 Å². The molecule has 0 aliphatic carbocycles. The van der Waals surface area contributed by atoms with Crippen molar-refractivity contribution in [1.29, 1.82) is 0 Å². The number of hydrogen-bond acceptors (Lipinski definition) is 5. The van der Waals surface area contributed by atoms with Crippen molar-refractivity contribution < 1.29 is 9.15 Å².